The number of aromatic hydroxyl groups is 1. The molecule has 11 heteroatoms. The summed E-state index contributed by atoms with van der Waals surface area (Å²) in [4.78, 5) is 68.8. The highest BCUT2D eigenvalue weighted by Crippen LogP contribution is 2.66. The van der Waals surface area contributed by atoms with Crippen molar-refractivity contribution in [3.8, 4) is 17.6 Å². The second-order valence-corrected chi connectivity index (χ2v) is 19.6. The van der Waals surface area contributed by atoms with Gasteiger partial charge in [0.2, 0.25) is 11.8 Å². The average Bonchev–Trinajstić information content (AvgIpc) is 3.69. The first-order valence-electron chi connectivity index (χ1n) is 24.8. The number of carbonyl (C=O) groups excluding carboxylic acids is 4. The molecular weight excluding hydrogens is 865 g/mol. The van der Waals surface area contributed by atoms with E-state index in [0.29, 0.717) is 42.6 Å². The molecule has 1 spiro atoms. The van der Waals surface area contributed by atoms with Crippen LogP contribution in [-0.2, 0) is 24.5 Å². The topological polar surface area (TPSA) is 140 Å². The van der Waals surface area contributed by atoms with Crippen LogP contribution in [0.1, 0.15) is 135 Å². The van der Waals surface area contributed by atoms with Gasteiger partial charge in [-0.25, -0.2) is 9.69 Å². The second-order valence-electron chi connectivity index (χ2n) is 19.6. The molecule has 11 nitrogen and oxygen atoms in total. The van der Waals surface area contributed by atoms with E-state index < -0.39 is 65.1 Å². The van der Waals surface area contributed by atoms with Crippen molar-refractivity contribution in [2.75, 3.05) is 18.0 Å². The van der Waals surface area contributed by atoms with Gasteiger partial charge in [0.25, 0.3) is 0 Å². The van der Waals surface area contributed by atoms with E-state index in [1.165, 1.54) is 4.90 Å². The van der Waals surface area contributed by atoms with Crippen molar-refractivity contribution < 1.29 is 34.1 Å². The zero-order valence-electron chi connectivity index (χ0n) is 39.1. The molecule has 4 fully saturated rings. The molecule has 4 amide bonds. The third-order valence-corrected chi connectivity index (χ3v) is 15.3. The number of esters is 1. The molecule has 5 aromatic rings. The van der Waals surface area contributed by atoms with Crippen molar-refractivity contribution in [1.82, 2.24) is 15.1 Å². The van der Waals surface area contributed by atoms with Gasteiger partial charge in [-0.15, -0.1) is 0 Å². The summed E-state index contributed by atoms with van der Waals surface area (Å²) in [5, 5.41) is 25.7. The number of nitrogens with zero attached hydrogens (tertiary/aromatic N) is 3. The van der Waals surface area contributed by atoms with Crippen LogP contribution in [0, 0.1) is 17.8 Å². The predicted molar refractivity (Wildman–Crippen MR) is 263 cm³/mol. The number of likely N-dealkylation sites (tertiary alicyclic amines) is 1. The van der Waals surface area contributed by atoms with E-state index in [9.17, 15) is 10.2 Å². The third-order valence-electron chi connectivity index (χ3n) is 15.3. The van der Waals surface area contributed by atoms with Crippen LogP contribution in [0.5, 0.6) is 5.75 Å². The van der Waals surface area contributed by atoms with Crippen LogP contribution >= 0.6 is 0 Å². The number of nitrogens with one attached hydrogen (secondary N) is 1. The maximum atomic E-state index is 16.8. The molecule has 1 saturated carbocycles. The number of hydrogen-bond acceptors (Lipinski definition) is 8. The van der Waals surface area contributed by atoms with Gasteiger partial charge in [0.15, 0.2) is 0 Å². The summed E-state index contributed by atoms with van der Waals surface area (Å²) in [5.41, 5.74) is 0.931. The minimum absolute atomic E-state index is 0.00140. The fourth-order valence-electron chi connectivity index (χ4n) is 12.0. The highest BCUT2D eigenvalue weighted by Gasteiger charge is 2.76. The summed E-state index contributed by atoms with van der Waals surface area (Å²) in [7, 11) is 0. The van der Waals surface area contributed by atoms with Crippen LogP contribution in [0.25, 0.3) is 0 Å². The van der Waals surface area contributed by atoms with Crippen molar-refractivity contribution >= 4 is 29.5 Å². The molecule has 3 N–H and O–H groups in total. The van der Waals surface area contributed by atoms with Gasteiger partial charge in [-0.2, -0.15) is 0 Å². The van der Waals surface area contributed by atoms with Crippen molar-refractivity contribution in [2.24, 2.45) is 5.92 Å². The number of amides is 4. The Hall–Kier alpha value is -6.74. The first kappa shape index (κ1) is 46.0. The maximum absolute atomic E-state index is 16.8. The van der Waals surface area contributed by atoms with E-state index in [-0.39, 0.29) is 17.3 Å². The van der Waals surface area contributed by atoms with E-state index >= 15 is 19.2 Å². The maximum Gasteiger partial charge on any atom is 0.329 e. The fourth-order valence-corrected chi connectivity index (χ4v) is 12.0. The lowest BCUT2D eigenvalue weighted by Gasteiger charge is -2.46. The second kappa shape index (κ2) is 19.3. The monoisotopic (exact) mass is 924 g/mol. The SMILES string of the molecule is C[C@@H](NC(=O)N1C(=O)[C@@]2(c3cc(C#CC4(O)CCCCCC4)ccc31)[C@H](c1ccc(O)cc1)N1[C@H](c3ccccc3)[C@H](c3ccccc3)OC(=O)[C@H]1[C@@H]2C(=O)N1CCCCCCC1)c1ccccc1. The van der Waals surface area contributed by atoms with Gasteiger partial charge in [-0.1, -0.05) is 147 Å². The molecule has 5 aromatic carbocycles. The summed E-state index contributed by atoms with van der Waals surface area (Å²) in [5.74, 6) is 3.44. The lowest BCUT2D eigenvalue weighted by molar-refractivity contribution is -0.179. The number of morpholine rings is 1. The van der Waals surface area contributed by atoms with E-state index in [4.69, 9.17) is 4.74 Å². The number of anilines is 1. The first-order valence-corrected chi connectivity index (χ1v) is 24.8. The van der Waals surface area contributed by atoms with Gasteiger partial charge in [0, 0.05) is 18.7 Å². The molecule has 69 heavy (non-hydrogen) atoms. The van der Waals surface area contributed by atoms with Gasteiger partial charge in [-0.05, 0) is 104 Å². The zero-order valence-corrected chi connectivity index (χ0v) is 39.1. The highest BCUT2D eigenvalue weighted by atomic mass is 16.6. The van der Waals surface area contributed by atoms with Crippen LogP contribution in [0.4, 0.5) is 10.5 Å². The number of fused-ring (bicyclic) bond motifs is 3. The highest BCUT2D eigenvalue weighted by molar-refractivity contribution is 6.24. The molecule has 354 valence electrons. The zero-order chi connectivity index (χ0) is 47.7. The summed E-state index contributed by atoms with van der Waals surface area (Å²) in [6.07, 6.45) is 8.40. The molecule has 1 aliphatic carbocycles. The van der Waals surface area contributed by atoms with Crippen LogP contribution in [0.2, 0.25) is 0 Å². The van der Waals surface area contributed by atoms with E-state index in [0.717, 1.165) is 74.5 Å². The Bertz CT molecular complexity index is 2740. The number of hydrogen-bond donors (Lipinski definition) is 3. The lowest BCUT2D eigenvalue weighted by Crippen LogP contribution is -2.57. The normalized spacial score (nSPS) is 26.0. The molecule has 0 unspecified atom stereocenters. The van der Waals surface area contributed by atoms with Gasteiger partial charge in [0.1, 0.15) is 28.9 Å². The minimum Gasteiger partial charge on any atom is -0.508 e. The fraction of sp³-hybridized carbons (Fsp3) is 0.379. The Balaban J connectivity index is 1.25. The van der Waals surface area contributed by atoms with E-state index in [2.05, 4.69) is 17.2 Å². The first-order chi connectivity index (χ1) is 33.6. The van der Waals surface area contributed by atoms with Crippen molar-refractivity contribution in [1.29, 1.82) is 0 Å². The molecule has 4 heterocycles. The Morgan fingerprint density at radius 2 is 1.30 bits per heavy atom. The molecule has 3 saturated heterocycles. The Morgan fingerprint density at radius 3 is 1.96 bits per heavy atom. The molecule has 0 radical (unpaired) electrons. The van der Waals surface area contributed by atoms with Gasteiger partial charge < -0.3 is 25.2 Å². The van der Waals surface area contributed by atoms with Crippen LogP contribution in [-0.4, -0.2) is 68.6 Å². The molecule has 4 aliphatic heterocycles. The van der Waals surface area contributed by atoms with E-state index in [1.54, 1.807) is 36.4 Å². The van der Waals surface area contributed by atoms with Crippen molar-refractivity contribution in [2.45, 2.75) is 119 Å². The summed E-state index contributed by atoms with van der Waals surface area (Å²) in [6, 6.07) is 36.3. The number of aliphatic hydroxyl groups is 1. The summed E-state index contributed by atoms with van der Waals surface area (Å²) in [6.45, 7) is 2.74. The Labute approximate surface area is 404 Å². The smallest absolute Gasteiger partial charge is 0.329 e. The number of imide groups is 1. The average molecular weight is 925 g/mol. The quantitative estimate of drug-likeness (QED) is 0.0870. The molecular formula is C58H60N4O7. The number of benzene rings is 5. The number of phenolic OH excluding ortho intramolecular Hbond substituents is 1. The number of ether oxygens (including phenoxy) is 1. The molecule has 7 atom stereocenters. The van der Waals surface area contributed by atoms with Crippen LogP contribution < -0.4 is 10.2 Å². The molecule has 0 aromatic heterocycles. The Morgan fingerprint density at radius 1 is 0.710 bits per heavy atom. The van der Waals surface area contributed by atoms with Crippen LogP contribution in [0.15, 0.2) is 133 Å². The number of phenols is 1. The summed E-state index contributed by atoms with van der Waals surface area (Å²) < 4.78 is 6.68. The van der Waals surface area contributed by atoms with Gasteiger partial charge in [0.05, 0.1) is 29.7 Å². The number of cyclic esters (lactones) is 1. The Kier molecular flexibility index (Phi) is 12.9. The number of rotatable bonds is 6. The van der Waals surface area contributed by atoms with Gasteiger partial charge >= 0.3 is 12.0 Å². The van der Waals surface area contributed by atoms with Crippen molar-refractivity contribution in [3.63, 3.8) is 0 Å². The minimum atomic E-state index is -1.95. The van der Waals surface area contributed by atoms with Crippen LogP contribution in [0.3, 0.4) is 0 Å². The molecule has 5 aliphatic rings. The van der Waals surface area contributed by atoms with Gasteiger partial charge in [-0.3, -0.25) is 19.3 Å². The molecule has 0 bridgehead atoms. The number of carbonyl (C=O) groups is 4. The lowest BCUT2D eigenvalue weighted by atomic mass is 9.64. The number of urea groups is 1. The summed E-state index contributed by atoms with van der Waals surface area (Å²) >= 11 is 0. The molecule has 10 rings (SSSR count). The standard InChI is InChI=1S/C58H60N4O7/c1-39(41-20-10-7-11-21-41)59-56(67)61-47-31-26-40(32-35-57(68)33-16-3-4-17-34-57)38-46(47)58(55(61)66)48(53(64)60-36-18-5-2-6-19-37-60)50-54(65)69-51(43-24-14-9-15-25-43)49(42-22-12-8-13-23-42)62(50)52(58)44-27-29-45(63)30-28-44/h7-15,20-31,38-39,48-52,63,68H,2-6,16-19,33-34,36-37H2,1H3,(H,59,67)/t39-,48-,49-,50-,51+,52+,58-/m1/s1. The van der Waals surface area contributed by atoms with E-state index in [1.807, 2.05) is 114 Å². The third kappa shape index (κ3) is 8.48. The van der Waals surface area contributed by atoms with Crippen molar-refractivity contribution in [3.05, 3.63) is 167 Å². The largest absolute Gasteiger partial charge is 0.508 e. The predicted octanol–water partition coefficient (Wildman–Crippen LogP) is 9.76.